The first-order valence-electron chi connectivity index (χ1n) is 10.7. The van der Waals surface area contributed by atoms with Crippen LogP contribution in [0.25, 0.3) is 11.0 Å². The van der Waals surface area contributed by atoms with Gasteiger partial charge in [0.15, 0.2) is 16.9 Å². The largest absolute Gasteiger partial charge is 0.504 e. The van der Waals surface area contributed by atoms with Gasteiger partial charge in [-0.15, -0.1) is 0 Å². The van der Waals surface area contributed by atoms with Gasteiger partial charge in [0.25, 0.3) is 5.91 Å². The van der Waals surface area contributed by atoms with Crippen LogP contribution in [0.5, 0.6) is 11.5 Å². The average Bonchev–Trinajstić information content (AvgIpc) is 3.09. The Balaban J connectivity index is 1.74. The van der Waals surface area contributed by atoms with Crippen molar-refractivity contribution in [1.82, 2.24) is 4.90 Å². The van der Waals surface area contributed by atoms with Crippen LogP contribution < -0.4 is 10.2 Å². The summed E-state index contributed by atoms with van der Waals surface area (Å²) in [6, 6.07) is 16.4. The van der Waals surface area contributed by atoms with Crippen LogP contribution in [-0.2, 0) is 6.54 Å². The van der Waals surface area contributed by atoms with E-state index in [2.05, 4.69) is 15.9 Å². The number of carbonyl (C=O) groups excluding carboxylic acids is 1. The number of phenolic OH excluding ortho intramolecular Hbond substituents is 1. The SMILES string of the molecule is CCOc1cc([C@@H]2c3c(oc4ccc(Br)cc4c3=O)C(=O)N2Cc2ccccc2Cl)ccc1O. The summed E-state index contributed by atoms with van der Waals surface area (Å²) < 4.78 is 12.3. The zero-order chi connectivity index (χ0) is 24.0. The van der Waals surface area contributed by atoms with Gasteiger partial charge in [-0.2, -0.15) is 0 Å². The van der Waals surface area contributed by atoms with E-state index in [-0.39, 0.29) is 34.8 Å². The van der Waals surface area contributed by atoms with E-state index in [4.69, 9.17) is 20.8 Å². The van der Waals surface area contributed by atoms with Crippen molar-refractivity contribution in [2.24, 2.45) is 0 Å². The molecule has 5 rings (SSSR count). The third-order valence-corrected chi connectivity index (χ3v) is 6.69. The van der Waals surface area contributed by atoms with Crippen molar-refractivity contribution in [3.63, 3.8) is 0 Å². The molecule has 1 N–H and O–H groups in total. The second-order valence-electron chi connectivity index (χ2n) is 7.90. The lowest BCUT2D eigenvalue weighted by atomic mass is 9.97. The second-order valence-corrected chi connectivity index (χ2v) is 9.22. The van der Waals surface area contributed by atoms with Gasteiger partial charge in [-0.25, -0.2) is 0 Å². The van der Waals surface area contributed by atoms with Crippen LogP contribution >= 0.6 is 27.5 Å². The molecule has 0 aliphatic carbocycles. The minimum atomic E-state index is -0.752. The molecule has 0 saturated carbocycles. The fraction of sp³-hybridized carbons (Fsp3) is 0.154. The Hall–Kier alpha value is -3.29. The van der Waals surface area contributed by atoms with Crippen molar-refractivity contribution in [1.29, 1.82) is 0 Å². The summed E-state index contributed by atoms with van der Waals surface area (Å²) in [4.78, 5) is 28.8. The molecule has 1 amide bonds. The van der Waals surface area contributed by atoms with Gasteiger partial charge in [-0.05, 0) is 54.4 Å². The molecule has 0 radical (unpaired) electrons. The average molecular weight is 541 g/mol. The number of hydrogen-bond donors (Lipinski definition) is 1. The van der Waals surface area contributed by atoms with Crippen LogP contribution in [-0.4, -0.2) is 22.5 Å². The predicted molar refractivity (Wildman–Crippen MR) is 133 cm³/mol. The molecule has 0 spiro atoms. The highest BCUT2D eigenvalue weighted by Crippen LogP contribution is 2.42. The van der Waals surface area contributed by atoms with Crippen molar-refractivity contribution in [2.75, 3.05) is 6.61 Å². The molecular weight excluding hydrogens is 522 g/mol. The summed E-state index contributed by atoms with van der Waals surface area (Å²) in [5.41, 5.74) is 1.64. The molecule has 0 fully saturated rings. The van der Waals surface area contributed by atoms with Crippen LogP contribution in [0, 0.1) is 0 Å². The first-order valence-corrected chi connectivity index (χ1v) is 11.8. The smallest absolute Gasteiger partial charge is 0.291 e. The molecule has 2 heterocycles. The van der Waals surface area contributed by atoms with Crippen molar-refractivity contribution in [3.05, 3.63) is 103 Å². The van der Waals surface area contributed by atoms with E-state index in [0.717, 1.165) is 10.0 Å². The summed E-state index contributed by atoms with van der Waals surface area (Å²) in [7, 11) is 0. The minimum Gasteiger partial charge on any atom is -0.504 e. The van der Waals surface area contributed by atoms with Crippen molar-refractivity contribution in [3.8, 4) is 11.5 Å². The van der Waals surface area contributed by atoms with Crippen LogP contribution in [0.4, 0.5) is 0 Å². The van der Waals surface area contributed by atoms with E-state index in [1.54, 1.807) is 41.3 Å². The Labute approximate surface area is 208 Å². The maximum absolute atomic E-state index is 13.7. The van der Waals surface area contributed by atoms with Crippen molar-refractivity contribution >= 4 is 44.4 Å². The van der Waals surface area contributed by atoms with Crippen LogP contribution in [0.3, 0.4) is 0 Å². The number of carbonyl (C=O) groups is 1. The fourth-order valence-corrected chi connectivity index (χ4v) is 4.84. The lowest BCUT2D eigenvalue weighted by Gasteiger charge is -2.26. The minimum absolute atomic E-state index is 0.00270. The van der Waals surface area contributed by atoms with E-state index < -0.39 is 11.9 Å². The van der Waals surface area contributed by atoms with Crippen LogP contribution in [0.1, 0.15) is 40.2 Å². The van der Waals surface area contributed by atoms with Gasteiger partial charge in [0.1, 0.15) is 5.58 Å². The normalized spacial score (nSPS) is 15.1. The quantitative estimate of drug-likeness (QED) is 0.333. The topological polar surface area (TPSA) is 80.0 Å². The summed E-state index contributed by atoms with van der Waals surface area (Å²) in [5.74, 6) is -0.162. The highest BCUT2D eigenvalue weighted by Gasteiger charge is 2.43. The molecule has 3 aromatic carbocycles. The molecule has 34 heavy (non-hydrogen) atoms. The lowest BCUT2D eigenvalue weighted by molar-refractivity contribution is 0.0714. The van der Waals surface area contributed by atoms with E-state index >= 15 is 0 Å². The van der Waals surface area contributed by atoms with Gasteiger partial charge in [-0.1, -0.05) is 51.8 Å². The van der Waals surface area contributed by atoms with Gasteiger partial charge in [0.05, 0.1) is 23.6 Å². The number of hydrogen-bond acceptors (Lipinski definition) is 5. The van der Waals surface area contributed by atoms with Gasteiger partial charge in [-0.3, -0.25) is 9.59 Å². The molecule has 8 heteroatoms. The van der Waals surface area contributed by atoms with Gasteiger partial charge in [0.2, 0.25) is 5.76 Å². The zero-order valence-corrected chi connectivity index (χ0v) is 20.4. The van der Waals surface area contributed by atoms with Crippen LogP contribution in [0.2, 0.25) is 5.02 Å². The van der Waals surface area contributed by atoms with E-state index in [1.165, 1.54) is 6.07 Å². The molecule has 1 aliphatic rings. The Morgan fingerprint density at radius 2 is 1.91 bits per heavy atom. The molecule has 1 atom stereocenters. The van der Waals surface area contributed by atoms with E-state index in [1.807, 2.05) is 25.1 Å². The first kappa shape index (κ1) is 22.5. The van der Waals surface area contributed by atoms with Crippen molar-refractivity contribution < 1.29 is 19.1 Å². The fourth-order valence-electron chi connectivity index (χ4n) is 4.28. The first-order chi connectivity index (χ1) is 16.4. The van der Waals surface area contributed by atoms with Gasteiger partial charge < -0.3 is 19.2 Å². The summed E-state index contributed by atoms with van der Waals surface area (Å²) in [5, 5.41) is 11.1. The second kappa shape index (κ2) is 8.81. The molecule has 1 aliphatic heterocycles. The summed E-state index contributed by atoms with van der Waals surface area (Å²) in [6.45, 7) is 2.32. The summed E-state index contributed by atoms with van der Waals surface area (Å²) in [6.07, 6.45) is 0. The van der Waals surface area contributed by atoms with E-state index in [9.17, 15) is 14.7 Å². The van der Waals surface area contributed by atoms with Crippen LogP contribution in [0.15, 0.2) is 74.3 Å². The number of amides is 1. The number of rotatable bonds is 5. The number of benzene rings is 3. The molecule has 6 nitrogen and oxygen atoms in total. The van der Waals surface area contributed by atoms with E-state index in [0.29, 0.717) is 28.2 Å². The van der Waals surface area contributed by atoms with Gasteiger partial charge in [0, 0.05) is 16.0 Å². The number of fused-ring (bicyclic) bond motifs is 2. The number of ether oxygens (including phenoxy) is 1. The number of aromatic hydroxyl groups is 1. The van der Waals surface area contributed by atoms with Crippen molar-refractivity contribution in [2.45, 2.75) is 19.5 Å². The highest BCUT2D eigenvalue weighted by molar-refractivity contribution is 9.10. The Morgan fingerprint density at radius 3 is 2.68 bits per heavy atom. The molecule has 0 saturated heterocycles. The molecule has 172 valence electrons. The summed E-state index contributed by atoms with van der Waals surface area (Å²) >= 11 is 9.80. The highest BCUT2D eigenvalue weighted by atomic mass is 79.9. The Kier molecular flexibility index (Phi) is 5.83. The maximum Gasteiger partial charge on any atom is 0.291 e. The van der Waals surface area contributed by atoms with Gasteiger partial charge >= 0.3 is 0 Å². The number of phenols is 1. The molecule has 1 aromatic heterocycles. The maximum atomic E-state index is 13.7. The molecule has 0 bridgehead atoms. The molecule has 4 aromatic rings. The number of halogens is 2. The zero-order valence-electron chi connectivity index (χ0n) is 18.0. The molecule has 0 unspecified atom stereocenters. The lowest BCUT2D eigenvalue weighted by Crippen LogP contribution is -2.29. The predicted octanol–water partition coefficient (Wildman–Crippen LogP) is 6.06. The third-order valence-electron chi connectivity index (χ3n) is 5.83. The number of nitrogens with zero attached hydrogens (tertiary/aromatic N) is 1. The Morgan fingerprint density at radius 1 is 1.12 bits per heavy atom. The standard InChI is InChI=1S/C26H19BrClNO5/c1-2-33-21-11-14(7-9-19(21)30)23-22-24(31)17-12-16(27)8-10-20(17)34-25(22)26(32)29(23)13-15-5-3-4-6-18(15)28/h3-12,23,30H,2,13H2,1H3/t23-/m1/s1. The molecular formula is C26H19BrClNO5. The third kappa shape index (κ3) is 3.75. The Bertz CT molecular complexity index is 1500. The monoisotopic (exact) mass is 539 g/mol.